The lowest BCUT2D eigenvalue weighted by molar-refractivity contribution is -0.116. The number of hydrazone groups is 1. The van der Waals surface area contributed by atoms with Crippen LogP contribution in [0.25, 0.3) is 0 Å². The smallest absolute Gasteiger partial charge is 0.253 e. The summed E-state index contributed by atoms with van der Waals surface area (Å²) < 4.78 is 0. The molecule has 1 aliphatic rings. The van der Waals surface area contributed by atoms with Gasteiger partial charge < -0.3 is 0 Å². The summed E-state index contributed by atoms with van der Waals surface area (Å²) in [5.41, 5.74) is 2.97. The number of carbonyl (C=O) groups excluding carboxylic acids is 1. The lowest BCUT2D eigenvalue weighted by Crippen LogP contribution is -2.20. The number of nitrogens with zero attached hydrogens (tertiary/aromatic N) is 2. The summed E-state index contributed by atoms with van der Waals surface area (Å²) in [6.45, 7) is 6.28. The first-order valence-corrected chi connectivity index (χ1v) is 6.03. The summed E-state index contributed by atoms with van der Waals surface area (Å²) in [6, 6.07) is 7.84. The minimum absolute atomic E-state index is 0.0787. The lowest BCUT2D eigenvalue weighted by atomic mass is 10.1. The standard InChI is InChI=1S/C14H18N2O/c1-10(2)8-12-9-14(17)16(15-12)13-7-5-4-6-11(13)3/h4-7,10H,8-9H2,1-3H3. The molecule has 0 N–H and O–H groups in total. The van der Waals surface area contributed by atoms with Gasteiger partial charge in [0, 0.05) is 5.71 Å². The number of amides is 1. The molecule has 0 atom stereocenters. The Morgan fingerprint density at radius 1 is 1.35 bits per heavy atom. The highest BCUT2D eigenvalue weighted by Crippen LogP contribution is 2.25. The van der Waals surface area contributed by atoms with Crippen molar-refractivity contribution in [2.24, 2.45) is 11.0 Å². The number of carbonyl (C=O) groups is 1. The predicted octanol–water partition coefficient (Wildman–Crippen LogP) is 3.13. The second kappa shape index (κ2) is 4.70. The Bertz CT molecular complexity index is 463. The first-order valence-electron chi connectivity index (χ1n) is 6.03. The van der Waals surface area contributed by atoms with Gasteiger partial charge in [-0.05, 0) is 30.9 Å². The molecule has 17 heavy (non-hydrogen) atoms. The minimum Gasteiger partial charge on any atom is -0.272 e. The maximum absolute atomic E-state index is 11.9. The SMILES string of the molecule is Cc1ccccc1N1N=C(CC(C)C)CC1=O. The molecule has 2 rings (SSSR count). The van der Waals surface area contributed by atoms with Crippen LogP contribution >= 0.6 is 0 Å². The molecule has 0 fully saturated rings. The molecule has 1 amide bonds. The molecule has 0 radical (unpaired) electrons. The molecule has 3 heteroatoms. The van der Waals surface area contributed by atoms with E-state index in [1.165, 1.54) is 0 Å². The van der Waals surface area contributed by atoms with E-state index in [2.05, 4.69) is 18.9 Å². The van der Waals surface area contributed by atoms with Crippen molar-refractivity contribution in [2.75, 3.05) is 5.01 Å². The van der Waals surface area contributed by atoms with Crippen molar-refractivity contribution >= 4 is 17.3 Å². The van der Waals surface area contributed by atoms with Crippen LogP contribution in [0, 0.1) is 12.8 Å². The number of para-hydroxylation sites is 1. The lowest BCUT2D eigenvalue weighted by Gasteiger charge is -2.13. The Kier molecular flexibility index (Phi) is 3.27. The van der Waals surface area contributed by atoms with Gasteiger partial charge in [-0.1, -0.05) is 32.0 Å². The third-order valence-corrected chi connectivity index (χ3v) is 2.82. The van der Waals surface area contributed by atoms with E-state index in [0.717, 1.165) is 23.4 Å². The van der Waals surface area contributed by atoms with Crippen molar-refractivity contribution in [3.8, 4) is 0 Å². The second-order valence-electron chi connectivity index (χ2n) is 4.93. The van der Waals surface area contributed by atoms with Gasteiger partial charge >= 0.3 is 0 Å². The highest BCUT2D eigenvalue weighted by atomic mass is 16.2. The molecule has 0 aromatic heterocycles. The fourth-order valence-corrected chi connectivity index (χ4v) is 2.06. The molecule has 1 aromatic carbocycles. The van der Waals surface area contributed by atoms with Crippen LogP contribution in [0.1, 0.15) is 32.3 Å². The molecule has 0 aliphatic carbocycles. The molecule has 1 aromatic rings. The predicted molar refractivity (Wildman–Crippen MR) is 70.2 cm³/mol. The number of anilines is 1. The number of benzene rings is 1. The summed E-state index contributed by atoms with van der Waals surface area (Å²) in [5.74, 6) is 0.619. The van der Waals surface area contributed by atoms with Crippen LogP contribution < -0.4 is 5.01 Å². The van der Waals surface area contributed by atoms with Crippen LogP contribution in [-0.2, 0) is 4.79 Å². The van der Waals surface area contributed by atoms with E-state index < -0.39 is 0 Å². The number of rotatable bonds is 3. The van der Waals surface area contributed by atoms with E-state index in [4.69, 9.17) is 0 Å². The van der Waals surface area contributed by atoms with E-state index >= 15 is 0 Å². The molecular formula is C14H18N2O. The van der Waals surface area contributed by atoms with Crippen LogP contribution in [0.4, 0.5) is 5.69 Å². The van der Waals surface area contributed by atoms with Crippen molar-refractivity contribution in [1.29, 1.82) is 0 Å². The number of aryl methyl sites for hydroxylation is 1. The largest absolute Gasteiger partial charge is 0.272 e. The normalized spacial score (nSPS) is 15.6. The topological polar surface area (TPSA) is 32.7 Å². The van der Waals surface area contributed by atoms with Gasteiger partial charge in [0.05, 0.1) is 12.1 Å². The molecule has 0 bridgehead atoms. The van der Waals surface area contributed by atoms with E-state index in [0.29, 0.717) is 12.3 Å². The Morgan fingerprint density at radius 2 is 2.06 bits per heavy atom. The van der Waals surface area contributed by atoms with Gasteiger partial charge in [-0.3, -0.25) is 4.79 Å². The van der Waals surface area contributed by atoms with Crippen molar-refractivity contribution in [3.05, 3.63) is 29.8 Å². The average molecular weight is 230 g/mol. The molecule has 90 valence electrons. The molecular weight excluding hydrogens is 212 g/mol. The third kappa shape index (κ3) is 2.54. The van der Waals surface area contributed by atoms with Crippen molar-refractivity contribution in [2.45, 2.75) is 33.6 Å². The fourth-order valence-electron chi connectivity index (χ4n) is 2.06. The average Bonchev–Trinajstić information content (AvgIpc) is 2.59. The van der Waals surface area contributed by atoms with Crippen LogP contribution in [0.3, 0.4) is 0 Å². The van der Waals surface area contributed by atoms with Gasteiger partial charge in [0.2, 0.25) is 0 Å². The number of hydrogen-bond donors (Lipinski definition) is 0. The second-order valence-corrected chi connectivity index (χ2v) is 4.93. The Balaban J connectivity index is 2.25. The summed E-state index contributed by atoms with van der Waals surface area (Å²) in [4.78, 5) is 11.9. The monoisotopic (exact) mass is 230 g/mol. The van der Waals surface area contributed by atoms with Gasteiger partial charge in [-0.25, -0.2) is 5.01 Å². The zero-order chi connectivity index (χ0) is 12.4. The zero-order valence-corrected chi connectivity index (χ0v) is 10.6. The van der Waals surface area contributed by atoms with Gasteiger partial charge in [0.25, 0.3) is 5.91 Å². The van der Waals surface area contributed by atoms with Crippen molar-refractivity contribution in [1.82, 2.24) is 0 Å². The number of hydrogen-bond acceptors (Lipinski definition) is 2. The summed E-state index contributed by atoms with van der Waals surface area (Å²) in [6.07, 6.45) is 1.36. The third-order valence-electron chi connectivity index (χ3n) is 2.82. The van der Waals surface area contributed by atoms with Crippen molar-refractivity contribution in [3.63, 3.8) is 0 Å². The molecule has 3 nitrogen and oxygen atoms in total. The maximum Gasteiger partial charge on any atom is 0.253 e. The van der Waals surface area contributed by atoms with Crippen molar-refractivity contribution < 1.29 is 4.79 Å². The first kappa shape index (κ1) is 11.8. The van der Waals surface area contributed by atoms with Crippen LogP contribution in [0.2, 0.25) is 0 Å². The van der Waals surface area contributed by atoms with Crippen LogP contribution in [0.15, 0.2) is 29.4 Å². The molecule has 1 heterocycles. The Hall–Kier alpha value is -1.64. The molecule has 0 spiro atoms. The van der Waals surface area contributed by atoms with Crippen LogP contribution in [-0.4, -0.2) is 11.6 Å². The highest BCUT2D eigenvalue weighted by molar-refractivity contribution is 6.13. The van der Waals surface area contributed by atoms with Gasteiger partial charge in [0.15, 0.2) is 0 Å². The summed E-state index contributed by atoms with van der Waals surface area (Å²) in [7, 11) is 0. The summed E-state index contributed by atoms with van der Waals surface area (Å²) >= 11 is 0. The Morgan fingerprint density at radius 3 is 2.71 bits per heavy atom. The molecule has 0 saturated heterocycles. The van der Waals surface area contributed by atoms with E-state index in [-0.39, 0.29) is 5.91 Å². The molecule has 0 saturated carbocycles. The van der Waals surface area contributed by atoms with Crippen LogP contribution in [0.5, 0.6) is 0 Å². The zero-order valence-electron chi connectivity index (χ0n) is 10.6. The first-order chi connectivity index (χ1) is 8.08. The quantitative estimate of drug-likeness (QED) is 0.785. The summed E-state index contributed by atoms with van der Waals surface area (Å²) in [5, 5.41) is 5.99. The Labute approximate surface area is 102 Å². The molecule has 0 unspecified atom stereocenters. The van der Waals surface area contributed by atoms with Gasteiger partial charge in [-0.2, -0.15) is 5.10 Å². The highest BCUT2D eigenvalue weighted by Gasteiger charge is 2.26. The molecule has 1 aliphatic heterocycles. The van der Waals surface area contributed by atoms with E-state index in [1.54, 1.807) is 5.01 Å². The maximum atomic E-state index is 11.9. The van der Waals surface area contributed by atoms with E-state index in [9.17, 15) is 4.79 Å². The van der Waals surface area contributed by atoms with E-state index in [1.807, 2.05) is 31.2 Å². The minimum atomic E-state index is 0.0787. The van der Waals surface area contributed by atoms with Gasteiger partial charge in [-0.15, -0.1) is 0 Å². The fraction of sp³-hybridized carbons (Fsp3) is 0.429. The van der Waals surface area contributed by atoms with Gasteiger partial charge in [0.1, 0.15) is 0 Å².